The maximum Gasteiger partial charge on any atom is 0.314 e. The lowest BCUT2D eigenvalue weighted by molar-refractivity contribution is 0.184. The van der Waals surface area contributed by atoms with Crippen LogP contribution >= 0.6 is 0 Å². The van der Waals surface area contributed by atoms with E-state index in [-0.39, 0.29) is 12.1 Å². The predicted molar refractivity (Wildman–Crippen MR) is 82.6 cm³/mol. The highest BCUT2D eigenvalue weighted by Crippen LogP contribution is 2.24. The summed E-state index contributed by atoms with van der Waals surface area (Å²) in [5, 5.41) is 5.92. The van der Waals surface area contributed by atoms with Crippen molar-refractivity contribution in [3.63, 3.8) is 0 Å². The first-order chi connectivity index (χ1) is 10.8. The molecule has 122 valence electrons. The maximum absolute atomic E-state index is 12.0. The van der Waals surface area contributed by atoms with Crippen molar-refractivity contribution in [3.8, 4) is 0 Å². The second-order valence-electron chi connectivity index (χ2n) is 6.09. The zero-order chi connectivity index (χ0) is 15.2. The lowest BCUT2D eigenvalue weighted by Gasteiger charge is -2.26. The number of amides is 2. The number of nitrogens with one attached hydrogen (secondary N) is 2. The summed E-state index contributed by atoms with van der Waals surface area (Å²) >= 11 is 0. The van der Waals surface area contributed by atoms with E-state index in [9.17, 15) is 4.79 Å². The molecule has 2 aliphatic rings. The van der Waals surface area contributed by atoms with Crippen LogP contribution in [0.4, 0.5) is 4.79 Å². The smallest absolute Gasteiger partial charge is 0.314 e. The van der Waals surface area contributed by atoms with Gasteiger partial charge in [0.25, 0.3) is 0 Å². The number of carbonyl (C=O) groups excluding carboxylic acids is 1. The van der Waals surface area contributed by atoms with Gasteiger partial charge in [-0.2, -0.15) is 0 Å². The minimum Gasteiger partial charge on any atom is -0.468 e. The molecule has 1 aromatic rings. The molecule has 2 unspecified atom stereocenters. The molecule has 0 aromatic carbocycles. The predicted octanol–water partition coefficient (Wildman–Crippen LogP) is 1.75. The Morgan fingerprint density at radius 1 is 1.36 bits per heavy atom. The van der Waals surface area contributed by atoms with Gasteiger partial charge in [-0.1, -0.05) is 0 Å². The van der Waals surface area contributed by atoms with Crippen LogP contribution < -0.4 is 10.6 Å². The van der Waals surface area contributed by atoms with Crippen LogP contribution in [-0.2, 0) is 4.74 Å². The minimum absolute atomic E-state index is 0.109. The number of likely N-dealkylation sites (tertiary alicyclic amines) is 1. The number of carbonyl (C=O) groups is 1. The summed E-state index contributed by atoms with van der Waals surface area (Å²) in [6, 6.07) is 3.90. The lowest BCUT2D eigenvalue weighted by Crippen LogP contribution is -2.42. The number of urea groups is 1. The fourth-order valence-corrected chi connectivity index (χ4v) is 3.18. The molecular formula is C16H25N3O3. The van der Waals surface area contributed by atoms with Gasteiger partial charge in [0.15, 0.2) is 0 Å². The van der Waals surface area contributed by atoms with E-state index in [4.69, 9.17) is 9.15 Å². The van der Waals surface area contributed by atoms with Crippen LogP contribution in [0.3, 0.4) is 0 Å². The maximum atomic E-state index is 12.0. The van der Waals surface area contributed by atoms with E-state index in [1.165, 1.54) is 12.8 Å². The normalized spacial score (nSPS) is 23.5. The van der Waals surface area contributed by atoms with Crippen LogP contribution in [0.15, 0.2) is 22.8 Å². The van der Waals surface area contributed by atoms with Crippen molar-refractivity contribution in [3.05, 3.63) is 24.2 Å². The molecule has 1 aromatic heterocycles. The lowest BCUT2D eigenvalue weighted by atomic mass is 10.1. The largest absolute Gasteiger partial charge is 0.468 e. The van der Waals surface area contributed by atoms with Crippen molar-refractivity contribution < 1.29 is 13.9 Å². The van der Waals surface area contributed by atoms with Crippen LogP contribution in [-0.4, -0.2) is 50.3 Å². The van der Waals surface area contributed by atoms with E-state index in [1.807, 2.05) is 12.1 Å². The molecule has 0 saturated carbocycles. The third-order valence-corrected chi connectivity index (χ3v) is 4.48. The van der Waals surface area contributed by atoms with Crippen LogP contribution in [0.2, 0.25) is 0 Å². The third kappa shape index (κ3) is 4.01. The van der Waals surface area contributed by atoms with E-state index in [1.54, 1.807) is 6.26 Å². The minimum atomic E-state index is -0.109. The third-order valence-electron chi connectivity index (χ3n) is 4.48. The molecule has 2 N–H and O–H groups in total. The summed E-state index contributed by atoms with van der Waals surface area (Å²) in [6.45, 7) is 4.94. The first-order valence-corrected chi connectivity index (χ1v) is 8.20. The van der Waals surface area contributed by atoms with Gasteiger partial charge < -0.3 is 19.8 Å². The van der Waals surface area contributed by atoms with E-state index < -0.39 is 0 Å². The van der Waals surface area contributed by atoms with Crippen molar-refractivity contribution in [2.75, 3.05) is 39.4 Å². The molecular weight excluding hydrogens is 282 g/mol. The number of rotatable bonds is 6. The second kappa shape index (κ2) is 7.65. The molecule has 2 saturated heterocycles. The van der Waals surface area contributed by atoms with Crippen LogP contribution in [0.5, 0.6) is 0 Å². The Morgan fingerprint density at radius 3 is 2.91 bits per heavy atom. The van der Waals surface area contributed by atoms with Gasteiger partial charge in [0.1, 0.15) is 5.76 Å². The molecule has 0 spiro atoms. The summed E-state index contributed by atoms with van der Waals surface area (Å²) in [4.78, 5) is 14.4. The summed E-state index contributed by atoms with van der Waals surface area (Å²) in [7, 11) is 0. The molecule has 2 atom stereocenters. The Labute approximate surface area is 131 Å². The standard InChI is InChI=1S/C16H25N3O3/c20-16(17-10-13-5-9-21-12-13)18-11-14(15-4-3-8-22-15)19-6-1-2-7-19/h3-4,8,13-14H,1-2,5-7,9-12H2,(H2,17,18,20). The highest BCUT2D eigenvalue weighted by Gasteiger charge is 2.26. The second-order valence-corrected chi connectivity index (χ2v) is 6.09. The first kappa shape index (κ1) is 15.4. The average molecular weight is 307 g/mol. The topological polar surface area (TPSA) is 66.7 Å². The Balaban J connectivity index is 1.47. The van der Waals surface area contributed by atoms with Gasteiger partial charge in [0.2, 0.25) is 0 Å². The van der Waals surface area contributed by atoms with Gasteiger partial charge >= 0.3 is 6.03 Å². The van der Waals surface area contributed by atoms with Gasteiger partial charge in [-0.25, -0.2) is 4.79 Å². The number of hydrogen-bond donors (Lipinski definition) is 2. The Morgan fingerprint density at radius 2 is 2.23 bits per heavy atom. The molecule has 3 rings (SSSR count). The summed E-state index contributed by atoms with van der Waals surface area (Å²) < 4.78 is 10.9. The summed E-state index contributed by atoms with van der Waals surface area (Å²) in [5.41, 5.74) is 0. The molecule has 3 heterocycles. The number of furan rings is 1. The molecule has 22 heavy (non-hydrogen) atoms. The van der Waals surface area contributed by atoms with Crippen LogP contribution in [0.25, 0.3) is 0 Å². The molecule has 6 nitrogen and oxygen atoms in total. The van der Waals surface area contributed by atoms with E-state index in [0.29, 0.717) is 19.0 Å². The summed E-state index contributed by atoms with van der Waals surface area (Å²) in [5.74, 6) is 1.37. The Kier molecular flexibility index (Phi) is 5.34. The Bertz CT molecular complexity index is 451. The average Bonchev–Trinajstić information content (AvgIpc) is 3.27. The van der Waals surface area contributed by atoms with Gasteiger partial charge in [-0.05, 0) is 44.5 Å². The molecule has 2 fully saturated rings. The molecule has 0 aliphatic carbocycles. The van der Waals surface area contributed by atoms with Gasteiger partial charge in [-0.3, -0.25) is 4.90 Å². The monoisotopic (exact) mass is 307 g/mol. The highest BCUT2D eigenvalue weighted by molar-refractivity contribution is 5.73. The fourth-order valence-electron chi connectivity index (χ4n) is 3.18. The van der Waals surface area contributed by atoms with Crippen molar-refractivity contribution in [2.24, 2.45) is 5.92 Å². The molecule has 6 heteroatoms. The number of hydrogen-bond acceptors (Lipinski definition) is 4. The Hall–Kier alpha value is -1.53. The van der Waals surface area contributed by atoms with Crippen LogP contribution in [0.1, 0.15) is 31.1 Å². The highest BCUT2D eigenvalue weighted by atomic mass is 16.5. The van der Waals surface area contributed by atoms with Gasteiger partial charge in [0.05, 0.1) is 18.9 Å². The zero-order valence-corrected chi connectivity index (χ0v) is 12.9. The molecule has 0 radical (unpaired) electrons. The van der Waals surface area contributed by atoms with Crippen molar-refractivity contribution >= 4 is 6.03 Å². The van der Waals surface area contributed by atoms with Gasteiger partial charge in [-0.15, -0.1) is 0 Å². The van der Waals surface area contributed by atoms with Crippen molar-refractivity contribution in [2.45, 2.75) is 25.3 Å². The SMILES string of the molecule is O=C(NCC1CCOC1)NCC(c1ccco1)N1CCCC1. The van der Waals surface area contributed by atoms with Crippen molar-refractivity contribution in [1.82, 2.24) is 15.5 Å². The van der Waals surface area contributed by atoms with Crippen molar-refractivity contribution in [1.29, 1.82) is 0 Å². The first-order valence-electron chi connectivity index (χ1n) is 8.20. The zero-order valence-electron chi connectivity index (χ0n) is 12.9. The number of nitrogens with zero attached hydrogens (tertiary/aromatic N) is 1. The summed E-state index contributed by atoms with van der Waals surface area (Å²) in [6.07, 6.45) is 5.15. The van der Waals surface area contributed by atoms with E-state index in [0.717, 1.165) is 38.5 Å². The van der Waals surface area contributed by atoms with E-state index in [2.05, 4.69) is 15.5 Å². The quantitative estimate of drug-likeness (QED) is 0.840. The van der Waals surface area contributed by atoms with Crippen LogP contribution in [0, 0.1) is 5.92 Å². The van der Waals surface area contributed by atoms with E-state index >= 15 is 0 Å². The fraction of sp³-hybridized carbons (Fsp3) is 0.688. The molecule has 2 aliphatic heterocycles. The van der Waals surface area contributed by atoms with Gasteiger partial charge in [0, 0.05) is 25.6 Å². The molecule has 0 bridgehead atoms. The number of ether oxygens (including phenoxy) is 1. The molecule has 2 amide bonds.